The molecule has 0 unspecified atom stereocenters. The van der Waals surface area contributed by atoms with E-state index in [0.717, 1.165) is 11.0 Å². The fraction of sp³-hybridized carbons (Fsp3) is 0.500. The van der Waals surface area contributed by atoms with E-state index in [-0.39, 0.29) is 5.41 Å². The number of rotatable bonds is 2. The first-order chi connectivity index (χ1) is 5.17. The van der Waals surface area contributed by atoms with E-state index in [2.05, 4.69) is 39.7 Å². The Bertz CT molecular complexity index is 221. The van der Waals surface area contributed by atoms with Crippen LogP contribution in [0.2, 0.25) is 0 Å². The maximum Gasteiger partial charge on any atom is 0.115 e. The van der Waals surface area contributed by atoms with Crippen molar-refractivity contribution in [3.63, 3.8) is 0 Å². The average Bonchev–Trinajstić information content (AvgIpc) is 2.06. The molecule has 0 aliphatic carbocycles. The largest absolute Gasteiger partial charge is 0.245 e. The van der Waals surface area contributed by atoms with Crippen molar-refractivity contribution in [3.05, 3.63) is 24.3 Å². The molecular formula is C8H11BrN2. The maximum absolute atomic E-state index is 4.18. The van der Waals surface area contributed by atoms with Crippen LogP contribution in [0.25, 0.3) is 0 Å². The standard InChI is InChI=1S/C8H11BrN2/c1-8(2,5-9)7-3-4-10-6-11-7/h3-4,6H,5H2,1-2H3. The van der Waals surface area contributed by atoms with Gasteiger partial charge in [-0.15, -0.1) is 0 Å². The summed E-state index contributed by atoms with van der Waals surface area (Å²) in [6.07, 6.45) is 3.35. The lowest BCUT2D eigenvalue weighted by molar-refractivity contribution is 0.582. The molecule has 1 heterocycles. The van der Waals surface area contributed by atoms with Gasteiger partial charge in [0.2, 0.25) is 0 Å². The molecule has 0 saturated carbocycles. The zero-order chi connectivity index (χ0) is 8.32. The van der Waals surface area contributed by atoms with Crippen LogP contribution in [0.3, 0.4) is 0 Å². The summed E-state index contributed by atoms with van der Waals surface area (Å²) in [5.74, 6) is 0. The first kappa shape index (κ1) is 8.65. The Labute approximate surface area is 75.2 Å². The summed E-state index contributed by atoms with van der Waals surface area (Å²) >= 11 is 3.45. The number of nitrogens with zero attached hydrogens (tertiary/aromatic N) is 2. The zero-order valence-electron chi connectivity index (χ0n) is 6.71. The Morgan fingerprint density at radius 1 is 1.55 bits per heavy atom. The molecule has 3 heteroatoms. The van der Waals surface area contributed by atoms with Gasteiger partial charge in [0.05, 0.1) is 5.69 Å². The Morgan fingerprint density at radius 3 is 2.73 bits per heavy atom. The van der Waals surface area contributed by atoms with Gasteiger partial charge in [-0.3, -0.25) is 0 Å². The topological polar surface area (TPSA) is 25.8 Å². The predicted octanol–water partition coefficient (Wildman–Crippen LogP) is 2.15. The number of halogens is 1. The highest BCUT2D eigenvalue weighted by Crippen LogP contribution is 2.22. The van der Waals surface area contributed by atoms with Crippen LogP contribution >= 0.6 is 15.9 Å². The van der Waals surface area contributed by atoms with Crippen molar-refractivity contribution in [2.75, 3.05) is 5.33 Å². The van der Waals surface area contributed by atoms with Crippen LogP contribution in [0.15, 0.2) is 18.6 Å². The Balaban J connectivity index is 2.93. The highest BCUT2D eigenvalue weighted by molar-refractivity contribution is 9.09. The molecule has 0 aliphatic heterocycles. The van der Waals surface area contributed by atoms with E-state index in [1.54, 1.807) is 12.5 Å². The molecule has 0 radical (unpaired) electrons. The Kier molecular flexibility index (Phi) is 2.60. The molecule has 60 valence electrons. The summed E-state index contributed by atoms with van der Waals surface area (Å²) in [4.78, 5) is 8.05. The van der Waals surface area contributed by atoms with E-state index in [1.165, 1.54) is 0 Å². The van der Waals surface area contributed by atoms with Gasteiger partial charge in [0.15, 0.2) is 0 Å². The molecule has 1 aromatic heterocycles. The van der Waals surface area contributed by atoms with Crippen LogP contribution in [0.4, 0.5) is 0 Å². The van der Waals surface area contributed by atoms with Gasteiger partial charge in [0.25, 0.3) is 0 Å². The second-order valence-corrected chi connectivity index (χ2v) is 3.67. The number of hydrogen-bond acceptors (Lipinski definition) is 2. The normalized spacial score (nSPS) is 11.5. The molecule has 2 nitrogen and oxygen atoms in total. The van der Waals surface area contributed by atoms with E-state index in [9.17, 15) is 0 Å². The first-order valence-corrected chi connectivity index (χ1v) is 4.61. The van der Waals surface area contributed by atoms with E-state index in [4.69, 9.17) is 0 Å². The first-order valence-electron chi connectivity index (χ1n) is 3.49. The third-order valence-electron chi connectivity index (χ3n) is 1.61. The number of hydrogen-bond donors (Lipinski definition) is 0. The number of aromatic nitrogens is 2. The molecule has 0 N–H and O–H groups in total. The molecule has 0 aromatic carbocycles. The van der Waals surface area contributed by atoms with Gasteiger partial charge in [-0.05, 0) is 6.07 Å². The Morgan fingerprint density at radius 2 is 2.27 bits per heavy atom. The summed E-state index contributed by atoms with van der Waals surface area (Å²) in [7, 11) is 0. The third-order valence-corrected chi connectivity index (χ3v) is 3.01. The molecule has 1 rings (SSSR count). The maximum atomic E-state index is 4.18. The minimum absolute atomic E-state index is 0.100. The lowest BCUT2D eigenvalue weighted by Crippen LogP contribution is -2.20. The van der Waals surface area contributed by atoms with Crippen LogP contribution in [0.5, 0.6) is 0 Å². The van der Waals surface area contributed by atoms with Crippen LogP contribution in [0, 0.1) is 0 Å². The molecular weight excluding hydrogens is 204 g/mol. The average molecular weight is 215 g/mol. The molecule has 0 bridgehead atoms. The molecule has 0 aliphatic rings. The van der Waals surface area contributed by atoms with E-state index < -0.39 is 0 Å². The van der Waals surface area contributed by atoms with E-state index in [1.807, 2.05) is 6.07 Å². The van der Waals surface area contributed by atoms with Gasteiger partial charge in [-0.2, -0.15) is 0 Å². The van der Waals surface area contributed by atoms with Crippen LogP contribution in [0.1, 0.15) is 19.5 Å². The lowest BCUT2D eigenvalue weighted by Gasteiger charge is -2.19. The minimum atomic E-state index is 0.100. The number of alkyl halides is 1. The van der Waals surface area contributed by atoms with E-state index in [0.29, 0.717) is 0 Å². The molecule has 0 amide bonds. The smallest absolute Gasteiger partial charge is 0.115 e. The fourth-order valence-corrected chi connectivity index (χ4v) is 1.05. The van der Waals surface area contributed by atoms with Crippen LogP contribution < -0.4 is 0 Å². The van der Waals surface area contributed by atoms with Gasteiger partial charge in [-0.1, -0.05) is 29.8 Å². The van der Waals surface area contributed by atoms with Gasteiger partial charge in [0.1, 0.15) is 6.33 Å². The third kappa shape index (κ3) is 1.99. The highest BCUT2D eigenvalue weighted by Gasteiger charge is 2.19. The minimum Gasteiger partial charge on any atom is -0.245 e. The molecule has 0 spiro atoms. The van der Waals surface area contributed by atoms with Gasteiger partial charge in [0, 0.05) is 16.9 Å². The Hall–Kier alpha value is -0.440. The van der Waals surface area contributed by atoms with E-state index >= 15 is 0 Å². The summed E-state index contributed by atoms with van der Waals surface area (Å²) in [5.41, 5.74) is 1.17. The van der Waals surface area contributed by atoms with Crippen molar-refractivity contribution < 1.29 is 0 Å². The summed E-state index contributed by atoms with van der Waals surface area (Å²) in [6.45, 7) is 4.29. The van der Waals surface area contributed by atoms with Crippen molar-refractivity contribution in [3.8, 4) is 0 Å². The fourth-order valence-electron chi connectivity index (χ4n) is 0.759. The van der Waals surface area contributed by atoms with Crippen molar-refractivity contribution in [2.24, 2.45) is 0 Å². The van der Waals surface area contributed by atoms with Gasteiger partial charge >= 0.3 is 0 Å². The van der Waals surface area contributed by atoms with Crippen molar-refractivity contribution >= 4 is 15.9 Å². The molecule has 0 atom stereocenters. The molecule has 0 fully saturated rings. The summed E-state index contributed by atoms with van der Waals surface area (Å²) < 4.78 is 0. The van der Waals surface area contributed by atoms with Crippen molar-refractivity contribution in [1.29, 1.82) is 0 Å². The molecule has 0 saturated heterocycles. The molecule has 11 heavy (non-hydrogen) atoms. The summed E-state index contributed by atoms with van der Waals surface area (Å²) in [6, 6.07) is 1.95. The second-order valence-electron chi connectivity index (χ2n) is 3.11. The highest BCUT2D eigenvalue weighted by atomic mass is 79.9. The van der Waals surface area contributed by atoms with Crippen LogP contribution in [-0.2, 0) is 5.41 Å². The molecule has 1 aromatic rings. The predicted molar refractivity (Wildman–Crippen MR) is 48.9 cm³/mol. The van der Waals surface area contributed by atoms with Crippen molar-refractivity contribution in [2.45, 2.75) is 19.3 Å². The van der Waals surface area contributed by atoms with Crippen LogP contribution in [-0.4, -0.2) is 15.3 Å². The SMILES string of the molecule is CC(C)(CBr)c1ccncn1. The van der Waals surface area contributed by atoms with Gasteiger partial charge in [-0.25, -0.2) is 9.97 Å². The lowest BCUT2D eigenvalue weighted by atomic mass is 9.92. The second kappa shape index (κ2) is 3.30. The monoisotopic (exact) mass is 214 g/mol. The summed E-state index contributed by atoms with van der Waals surface area (Å²) in [5, 5.41) is 0.914. The quantitative estimate of drug-likeness (QED) is 0.706. The zero-order valence-corrected chi connectivity index (χ0v) is 8.30. The van der Waals surface area contributed by atoms with Crippen molar-refractivity contribution in [1.82, 2.24) is 9.97 Å². The van der Waals surface area contributed by atoms with Gasteiger partial charge < -0.3 is 0 Å².